The van der Waals surface area contributed by atoms with Crippen LogP contribution in [0.5, 0.6) is 0 Å². The standard InChI is InChI=1S/C10H20N2.C2HF3O2/c1-9(2)12-7-10(8-12)3-5-11-6-4-10;3-2(4,5)1(6)7/h9,11H,3-8H2,1-2H3;(H,6,7). The summed E-state index contributed by atoms with van der Waals surface area (Å²) in [7, 11) is 0. The molecule has 1 spiro atoms. The van der Waals surface area contributed by atoms with Crippen LogP contribution in [0.4, 0.5) is 13.2 Å². The van der Waals surface area contributed by atoms with Crippen molar-refractivity contribution in [3.8, 4) is 0 Å². The molecule has 0 aromatic carbocycles. The molecule has 2 N–H and O–H groups in total. The van der Waals surface area contributed by atoms with Gasteiger partial charge in [0.1, 0.15) is 5.97 Å². The van der Waals surface area contributed by atoms with Crippen LogP contribution in [-0.2, 0) is 4.79 Å². The second-order valence-electron chi connectivity index (χ2n) is 5.65. The van der Waals surface area contributed by atoms with E-state index in [1.165, 1.54) is 39.0 Å². The molecule has 0 radical (unpaired) electrons. The number of likely N-dealkylation sites (tertiary alicyclic amines) is 1. The highest BCUT2D eigenvalue weighted by Crippen LogP contribution is 2.38. The first-order valence-electron chi connectivity index (χ1n) is 6.50. The first-order valence-corrected chi connectivity index (χ1v) is 6.50. The van der Waals surface area contributed by atoms with Crippen LogP contribution < -0.4 is 10.4 Å². The van der Waals surface area contributed by atoms with Crippen molar-refractivity contribution in [2.45, 2.75) is 38.9 Å². The number of rotatable bonds is 1. The number of halogens is 3. The van der Waals surface area contributed by atoms with Crippen molar-refractivity contribution in [1.82, 2.24) is 4.90 Å². The summed E-state index contributed by atoms with van der Waals surface area (Å²) in [4.78, 5) is 11.4. The molecule has 0 aromatic heterocycles. The van der Waals surface area contributed by atoms with Gasteiger partial charge < -0.3 is 15.2 Å². The van der Waals surface area contributed by atoms with Gasteiger partial charge in [0, 0.05) is 37.4 Å². The minimum atomic E-state index is -5.19. The van der Waals surface area contributed by atoms with Gasteiger partial charge in [-0.1, -0.05) is 0 Å². The van der Waals surface area contributed by atoms with E-state index in [-0.39, 0.29) is 0 Å². The normalized spacial score (nSPS) is 22.6. The van der Waals surface area contributed by atoms with E-state index in [9.17, 15) is 13.2 Å². The van der Waals surface area contributed by atoms with Crippen LogP contribution in [0.3, 0.4) is 0 Å². The molecule has 112 valence electrons. The maximum Gasteiger partial charge on any atom is 0.430 e. The van der Waals surface area contributed by atoms with Crippen molar-refractivity contribution in [1.29, 1.82) is 0 Å². The summed E-state index contributed by atoms with van der Waals surface area (Å²) in [6.45, 7) is 10.1. The van der Waals surface area contributed by atoms with E-state index in [1.54, 1.807) is 0 Å². The summed E-state index contributed by atoms with van der Waals surface area (Å²) in [5, 5.41) is 11.2. The van der Waals surface area contributed by atoms with Gasteiger partial charge in [-0.05, 0) is 13.8 Å². The van der Waals surface area contributed by atoms with Gasteiger partial charge in [0.05, 0.1) is 13.1 Å². The second kappa shape index (κ2) is 6.09. The van der Waals surface area contributed by atoms with Crippen LogP contribution in [0, 0.1) is 5.41 Å². The topological polar surface area (TPSA) is 60.0 Å². The summed E-state index contributed by atoms with van der Waals surface area (Å²) < 4.78 is 31.5. The largest absolute Gasteiger partial charge is 0.542 e. The molecule has 2 aliphatic rings. The lowest BCUT2D eigenvalue weighted by Crippen LogP contribution is -2.88. The number of piperidine rings is 1. The quantitative estimate of drug-likeness (QED) is 0.695. The van der Waals surface area contributed by atoms with Gasteiger partial charge in [-0.25, -0.2) is 0 Å². The molecule has 0 amide bonds. The number of quaternary nitrogens is 1. The molecule has 0 aliphatic carbocycles. The molecular formula is C12H21F3N2O2. The third-order valence-corrected chi connectivity index (χ3v) is 3.80. The number of hydrogen-bond acceptors (Lipinski definition) is 3. The first-order chi connectivity index (χ1) is 8.66. The minimum Gasteiger partial charge on any atom is -0.542 e. The van der Waals surface area contributed by atoms with E-state index in [2.05, 4.69) is 24.1 Å². The molecule has 2 heterocycles. The third-order valence-electron chi connectivity index (χ3n) is 3.80. The Morgan fingerprint density at radius 1 is 1.26 bits per heavy atom. The lowest BCUT2D eigenvalue weighted by Gasteiger charge is -2.53. The molecule has 0 saturated carbocycles. The predicted octanol–water partition coefficient (Wildman–Crippen LogP) is -0.647. The Morgan fingerprint density at radius 3 is 2.00 bits per heavy atom. The smallest absolute Gasteiger partial charge is 0.430 e. The minimum absolute atomic E-state index is 0.749. The molecule has 0 atom stereocenters. The summed E-state index contributed by atoms with van der Waals surface area (Å²) in [6, 6.07) is 0.765. The lowest BCUT2D eigenvalue weighted by atomic mass is 9.72. The van der Waals surface area contributed by atoms with E-state index in [1.807, 2.05) is 0 Å². The number of nitrogens with zero attached hydrogens (tertiary/aromatic N) is 1. The van der Waals surface area contributed by atoms with Crippen molar-refractivity contribution in [3.63, 3.8) is 0 Å². The average molecular weight is 282 g/mol. The summed E-state index contributed by atoms with van der Waals surface area (Å²) in [5.74, 6) is -3.01. The maximum atomic E-state index is 10.5. The zero-order valence-electron chi connectivity index (χ0n) is 11.3. The average Bonchev–Trinajstić information content (AvgIpc) is 2.26. The first kappa shape index (κ1) is 16.2. The van der Waals surface area contributed by atoms with Gasteiger partial charge in [-0.3, -0.25) is 4.90 Å². The fraction of sp³-hybridized carbons (Fsp3) is 0.917. The number of carboxylic acid groups (broad SMARTS) is 1. The highest BCUT2D eigenvalue weighted by atomic mass is 19.4. The van der Waals surface area contributed by atoms with Crippen molar-refractivity contribution in [2.24, 2.45) is 5.41 Å². The Morgan fingerprint density at radius 2 is 1.68 bits per heavy atom. The van der Waals surface area contributed by atoms with Gasteiger partial charge in [-0.2, -0.15) is 13.2 Å². The van der Waals surface area contributed by atoms with E-state index < -0.39 is 12.1 Å². The van der Waals surface area contributed by atoms with E-state index >= 15 is 0 Å². The Kier molecular flexibility index (Phi) is 5.20. The summed E-state index contributed by atoms with van der Waals surface area (Å²) in [6.07, 6.45) is -2.29. The Bertz CT molecular complexity index is 305. The predicted molar refractivity (Wildman–Crippen MR) is 61.1 cm³/mol. The van der Waals surface area contributed by atoms with Crippen LogP contribution in [0.1, 0.15) is 26.7 Å². The number of carbonyl (C=O) groups is 1. The molecule has 2 aliphatic heterocycles. The van der Waals surface area contributed by atoms with E-state index in [0.717, 1.165) is 11.5 Å². The Labute approximate surface area is 111 Å². The van der Waals surface area contributed by atoms with Gasteiger partial charge >= 0.3 is 6.18 Å². The molecule has 0 bridgehead atoms. The molecule has 0 aromatic rings. The number of alkyl halides is 3. The molecule has 2 saturated heterocycles. The van der Waals surface area contributed by atoms with Gasteiger partial charge in [0.15, 0.2) is 0 Å². The monoisotopic (exact) mass is 282 g/mol. The van der Waals surface area contributed by atoms with Crippen LogP contribution in [0.25, 0.3) is 0 Å². The fourth-order valence-electron chi connectivity index (χ4n) is 2.58. The van der Waals surface area contributed by atoms with Gasteiger partial charge in [0.2, 0.25) is 0 Å². The number of hydrogen-bond donors (Lipinski definition) is 1. The molecule has 4 nitrogen and oxygen atoms in total. The van der Waals surface area contributed by atoms with Crippen molar-refractivity contribution in [3.05, 3.63) is 0 Å². The van der Waals surface area contributed by atoms with Gasteiger partial charge in [0.25, 0.3) is 0 Å². The molecule has 7 heteroatoms. The highest BCUT2D eigenvalue weighted by molar-refractivity contribution is 5.70. The molecule has 2 fully saturated rings. The third kappa shape index (κ3) is 4.65. The van der Waals surface area contributed by atoms with Crippen LogP contribution >= 0.6 is 0 Å². The Balaban J connectivity index is 0.000000224. The van der Waals surface area contributed by atoms with Crippen molar-refractivity contribution in [2.75, 3.05) is 26.2 Å². The second-order valence-corrected chi connectivity index (χ2v) is 5.65. The molecule has 19 heavy (non-hydrogen) atoms. The number of carbonyl (C=O) groups excluding carboxylic acids is 1. The van der Waals surface area contributed by atoms with Crippen molar-refractivity contribution >= 4 is 5.97 Å². The van der Waals surface area contributed by atoms with E-state index in [0.29, 0.717) is 0 Å². The highest BCUT2D eigenvalue weighted by Gasteiger charge is 2.45. The molecule has 2 rings (SSSR count). The van der Waals surface area contributed by atoms with Crippen LogP contribution in [0.2, 0.25) is 0 Å². The fourth-order valence-corrected chi connectivity index (χ4v) is 2.58. The molecular weight excluding hydrogens is 261 g/mol. The van der Waals surface area contributed by atoms with Crippen LogP contribution in [0.15, 0.2) is 0 Å². The Hall–Kier alpha value is -0.820. The van der Waals surface area contributed by atoms with E-state index in [4.69, 9.17) is 9.90 Å². The SMILES string of the molecule is CC(C)N1CC2(CC[NH2+]CC2)C1.O=C([O-])C(F)(F)F. The zero-order chi connectivity index (χ0) is 14.7. The summed E-state index contributed by atoms with van der Waals surface area (Å²) in [5.41, 5.74) is 0.749. The lowest BCUT2D eigenvalue weighted by molar-refractivity contribution is -0.669. The van der Waals surface area contributed by atoms with Crippen molar-refractivity contribution < 1.29 is 28.4 Å². The number of aliphatic carboxylic acids is 1. The van der Waals surface area contributed by atoms with Crippen LogP contribution in [-0.4, -0.2) is 49.3 Å². The van der Waals surface area contributed by atoms with Gasteiger partial charge in [-0.15, -0.1) is 0 Å². The summed E-state index contributed by atoms with van der Waals surface area (Å²) >= 11 is 0. The zero-order valence-corrected chi connectivity index (χ0v) is 11.3. The molecule has 0 unspecified atom stereocenters. The number of carboxylic acids is 1. The number of nitrogens with two attached hydrogens (primary N) is 1. The maximum absolute atomic E-state index is 10.5.